The van der Waals surface area contributed by atoms with Gasteiger partial charge in [0.25, 0.3) is 0 Å². The summed E-state index contributed by atoms with van der Waals surface area (Å²) in [6.07, 6.45) is 4.21. The molecule has 1 aromatic heterocycles. The molecule has 20 heavy (non-hydrogen) atoms. The predicted octanol–water partition coefficient (Wildman–Crippen LogP) is 0.533. The van der Waals surface area contributed by atoms with Crippen molar-refractivity contribution >= 4 is 11.9 Å². The average Bonchev–Trinajstić information content (AvgIpc) is 3.09. The first kappa shape index (κ1) is 13.5. The number of nitrogens with zero attached hydrogens (tertiary/aromatic N) is 3. The summed E-state index contributed by atoms with van der Waals surface area (Å²) in [5.74, 6) is 0.506. The minimum absolute atomic E-state index is 0.0234. The SMILES string of the molecule is Cc1noc(NC(=O)C2CCCN2C2CCNCC2)n1. The molecule has 1 atom stereocenters. The zero-order valence-electron chi connectivity index (χ0n) is 11.8. The number of carbonyl (C=O) groups is 1. The molecule has 3 rings (SSSR count). The third-order valence-corrected chi connectivity index (χ3v) is 4.13. The zero-order chi connectivity index (χ0) is 13.9. The van der Waals surface area contributed by atoms with Crippen LogP contribution in [0.25, 0.3) is 0 Å². The minimum Gasteiger partial charge on any atom is -0.317 e. The van der Waals surface area contributed by atoms with Gasteiger partial charge in [-0.2, -0.15) is 4.98 Å². The van der Waals surface area contributed by atoms with Gasteiger partial charge in [0, 0.05) is 6.04 Å². The van der Waals surface area contributed by atoms with Crippen molar-refractivity contribution in [1.29, 1.82) is 0 Å². The second-order valence-electron chi connectivity index (χ2n) is 5.51. The molecule has 0 spiro atoms. The number of nitrogens with one attached hydrogen (secondary N) is 2. The highest BCUT2D eigenvalue weighted by molar-refractivity contribution is 5.93. The van der Waals surface area contributed by atoms with Crippen LogP contribution in [0.1, 0.15) is 31.5 Å². The van der Waals surface area contributed by atoms with Gasteiger partial charge in [-0.05, 0) is 52.2 Å². The van der Waals surface area contributed by atoms with E-state index in [0.29, 0.717) is 11.9 Å². The van der Waals surface area contributed by atoms with Crippen LogP contribution in [0.5, 0.6) is 0 Å². The van der Waals surface area contributed by atoms with Crippen molar-refractivity contribution in [1.82, 2.24) is 20.4 Å². The molecule has 2 aliphatic heterocycles. The fraction of sp³-hybridized carbons (Fsp3) is 0.769. The van der Waals surface area contributed by atoms with Crippen molar-refractivity contribution in [3.8, 4) is 0 Å². The number of aryl methyl sites for hydroxylation is 1. The van der Waals surface area contributed by atoms with Crippen molar-refractivity contribution in [2.45, 2.75) is 44.7 Å². The monoisotopic (exact) mass is 279 g/mol. The lowest BCUT2D eigenvalue weighted by Gasteiger charge is -2.34. The van der Waals surface area contributed by atoms with E-state index in [1.807, 2.05) is 0 Å². The van der Waals surface area contributed by atoms with E-state index in [-0.39, 0.29) is 18.0 Å². The molecule has 0 aromatic carbocycles. The standard InChI is InChI=1S/C13H21N5O2/c1-9-15-13(20-17-9)16-12(19)11-3-2-8-18(11)10-4-6-14-7-5-10/h10-11,14H,2-8H2,1H3,(H,15,16,17,19). The molecule has 7 heteroatoms. The van der Waals surface area contributed by atoms with E-state index >= 15 is 0 Å². The van der Waals surface area contributed by atoms with Gasteiger partial charge < -0.3 is 9.84 Å². The number of amides is 1. The maximum atomic E-state index is 12.4. The number of likely N-dealkylation sites (tertiary alicyclic amines) is 1. The zero-order valence-corrected chi connectivity index (χ0v) is 11.8. The number of aromatic nitrogens is 2. The fourth-order valence-electron chi connectivity index (χ4n) is 3.18. The number of carbonyl (C=O) groups excluding carboxylic acids is 1. The Morgan fingerprint density at radius 1 is 1.40 bits per heavy atom. The van der Waals surface area contributed by atoms with Crippen LogP contribution >= 0.6 is 0 Å². The highest BCUT2D eigenvalue weighted by Gasteiger charge is 2.36. The predicted molar refractivity (Wildman–Crippen MR) is 73.3 cm³/mol. The third kappa shape index (κ3) is 2.83. The summed E-state index contributed by atoms with van der Waals surface area (Å²) in [7, 11) is 0. The van der Waals surface area contributed by atoms with Crippen LogP contribution in [0.4, 0.5) is 6.01 Å². The van der Waals surface area contributed by atoms with Gasteiger partial charge in [-0.3, -0.25) is 15.0 Å². The molecule has 7 nitrogen and oxygen atoms in total. The average molecular weight is 279 g/mol. The molecule has 110 valence electrons. The molecule has 2 saturated heterocycles. The highest BCUT2D eigenvalue weighted by atomic mass is 16.5. The summed E-state index contributed by atoms with van der Waals surface area (Å²) in [5, 5.41) is 9.78. The van der Waals surface area contributed by atoms with E-state index in [1.165, 1.54) is 0 Å². The van der Waals surface area contributed by atoms with Gasteiger partial charge >= 0.3 is 6.01 Å². The Labute approximate surface area is 118 Å². The van der Waals surface area contributed by atoms with Gasteiger partial charge in [-0.25, -0.2) is 0 Å². The largest absolute Gasteiger partial charge is 0.328 e. The van der Waals surface area contributed by atoms with Gasteiger partial charge in [0.05, 0.1) is 6.04 Å². The molecule has 2 fully saturated rings. The molecule has 0 saturated carbocycles. The smallest absolute Gasteiger partial charge is 0.317 e. The maximum absolute atomic E-state index is 12.4. The topological polar surface area (TPSA) is 83.3 Å². The molecular weight excluding hydrogens is 258 g/mol. The van der Waals surface area contributed by atoms with Crippen molar-refractivity contribution in [2.75, 3.05) is 25.0 Å². The van der Waals surface area contributed by atoms with E-state index in [4.69, 9.17) is 4.52 Å². The van der Waals surface area contributed by atoms with Gasteiger partial charge in [0.1, 0.15) is 0 Å². The van der Waals surface area contributed by atoms with Crippen molar-refractivity contribution < 1.29 is 9.32 Å². The first-order chi connectivity index (χ1) is 9.74. The van der Waals surface area contributed by atoms with E-state index in [0.717, 1.165) is 45.3 Å². The molecule has 0 bridgehead atoms. The Morgan fingerprint density at radius 3 is 2.90 bits per heavy atom. The van der Waals surface area contributed by atoms with Crippen LogP contribution in [0, 0.1) is 6.92 Å². The van der Waals surface area contributed by atoms with E-state index in [9.17, 15) is 4.79 Å². The second-order valence-corrected chi connectivity index (χ2v) is 5.51. The van der Waals surface area contributed by atoms with E-state index in [1.54, 1.807) is 6.92 Å². The maximum Gasteiger partial charge on any atom is 0.328 e. The Hall–Kier alpha value is -1.47. The number of piperidine rings is 1. The molecule has 0 radical (unpaired) electrons. The first-order valence-corrected chi connectivity index (χ1v) is 7.31. The second kappa shape index (κ2) is 5.88. The summed E-state index contributed by atoms with van der Waals surface area (Å²) >= 11 is 0. The first-order valence-electron chi connectivity index (χ1n) is 7.31. The van der Waals surface area contributed by atoms with Crippen LogP contribution in [-0.2, 0) is 4.79 Å². The molecule has 1 amide bonds. The van der Waals surface area contributed by atoms with Crippen molar-refractivity contribution in [2.24, 2.45) is 0 Å². The fourth-order valence-corrected chi connectivity index (χ4v) is 3.18. The molecule has 1 unspecified atom stereocenters. The van der Waals surface area contributed by atoms with Crippen LogP contribution in [0.2, 0.25) is 0 Å². The van der Waals surface area contributed by atoms with Crippen LogP contribution in [-0.4, -0.2) is 52.7 Å². The van der Waals surface area contributed by atoms with Gasteiger partial charge in [0.2, 0.25) is 5.91 Å². The molecule has 1 aromatic rings. The van der Waals surface area contributed by atoms with Gasteiger partial charge in [-0.15, -0.1) is 0 Å². The van der Waals surface area contributed by atoms with Crippen LogP contribution in [0.15, 0.2) is 4.52 Å². The summed E-state index contributed by atoms with van der Waals surface area (Å²) in [4.78, 5) is 18.7. The molecule has 3 heterocycles. The van der Waals surface area contributed by atoms with E-state index < -0.39 is 0 Å². The lowest BCUT2D eigenvalue weighted by Crippen LogP contribution is -2.49. The number of hydrogen-bond acceptors (Lipinski definition) is 6. The van der Waals surface area contributed by atoms with Crippen LogP contribution < -0.4 is 10.6 Å². The molecule has 2 aliphatic rings. The Kier molecular flexibility index (Phi) is 3.98. The number of rotatable bonds is 3. The van der Waals surface area contributed by atoms with Crippen molar-refractivity contribution in [3.63, 3.8) is 0 Å². The Morgan fingerprint density at radius 2 is 2.20 bits per heavy atom. The van der Waals surface area contributed by atoms with Gasteiger partial charge in [0.15, 0.2) is 5.82 Å². The highest BCUT2D eigenvalue weighted by Crippen LogP contribution is 2.25. The van der Waals surface area contributed by atoms with Crippen molar-refractivity contribution in [3.05, 3.63) is 5.82 Å². The number of anilines is 1. The summed E-state index contributed by atoms with van der Waals surface area (Å²) < 4.78 is 4.95. The number of hydrogen-bond donors (Lipinski definition) is 2. The summed E-state index contributed by atoms with van der Waals surface area (Å²) in [5.41, 5.74) is 0. The lowest BCUT2D eigenvalue weighted by molar-refractivity contribution is -0.121. The third-order valence-electron chi connectivity index (χ3n) is 4.13. The summed E-state index contributed by atoms with van der Waals surface area (Å²) in [6, 6.07) is 0.647. The lowest BCUT2D eigenvalue weighted by atomic mass is 10.0. The Bertz CT molecular complexity index is 469. The molecular formula is C13H21N5O2. The minimum atomic E-state index is -0.0645. The summed E-state index contributed by atoms with van der Waals surface area (Å²) in [6.45, 7) is 4.82. The van der Waals surface area contributed by atoms with E-state index in [2.05, 4.69) is 25.7 Å². The van der Waals surface area contributed by atoms with Gasteiger partial charge in [-0.1, -0.05) is 5.16 Å². The normalized spacial score (nSPS) is 24.9. The quantitative estimate of drug-likeness (QED) is 0.840. The molecule has 2 N–H and O–H groups in total. The molecule has 0 aliphatic carbocycles. The Balaban J connectivity index is 1.63. The van der Waals surface area contributed by atoms with Crippen LogP contribution in [0.3, 0.4) is 0 Å².